The van der Waals surface area contributed by atoms with Crippen LogP contribution in [0.1, 0.15) is 33.0 Å². The molecule has 0 unspecified atom stereocenters. The van der Waals surface area contributed by atoms with Crippen molar-refractivity contribution >= 4 is 23.1 Å². The minimum atomic E-state index is -0.585. The van der Waals surface area contributed by atoms with Gasteiger partial charge in [-0.3, -0.25) is 9.36 Å². The van der Waals surface area contributed by atoms with Gasteiger partial charge in [-0.15, -0.1) is 11.3 Å². The van der Waals surface area contributed by atoms with Gasteiger partial charge in [0.25, 0.3) is 5.91 Å². The predicted octanol–water partition coefficient (Wildman–Crippen LogP) is 1.90. The Morgan fingerprint density at radius 2 is 2.35 bits per heavy atom. The summed E-state index contributed by atoms with van der Waals surface area (Å²) in [4.78, 5) is 25.8. The minimum Gasteiger partial charge on any atom is -0.375 e. The number of primary amides is 1. The second-order valence-corrected chi connectivity index (χ2v) is 6.95. The lowest BCUT2D eigenvalue weighted by molar-refractivity contribution is 0.0996. The van der Waals surface area contributed by atoms with Crippen LogP contribution in [-0.4, -0.2) is 32.0 Å². The van der Waals surface area contributed by atoms with E-state index in [1.807, 2.05) is 11.4 Å². The average molecular weight is 370 g/mol. The minimum absolute atomic E-state index is 0.174. The molecule has 3 N–H and O–H groups in total. The zero-order valence-corrected chi connectivity index (χ0v) is 14.8. The van der Waals surface area contributed by atoms with Crippen LogP contribution in [0.25, 0.3) is 5.95 Å². The number of aromatic nitrogens is 4. The van der Waals surface area contributed by atoms with Gasteiger partial charge in [0.2, 0.25) is 5.95 Å². The highest BCUT2D eigenvalue weighted by molar-refractivity contribution is 7.09. The first-order valence-corrected chi connectivity index (χ1v) is 9.16. The molecule has 26 heavy (non-hydrogen) atoms. The van der Waals surface area contributed by atoms with Crippen molar-refractivity contribution in [2.45, 2.75) is 26.0 Å². The van der Waals surface area contributed by atoms with E-state index in [9.17, 15) is 4.79 Å². The van der Waals surface area contributed by atoms with E-state index in [0.29, 0.717) is 25.7 Å². The molecule has 0 radical (unpaired) electrons. The number of nitrogens with zero attached hydrogens (tertiary/aromatic N) is 4. The fourth-order valence-electron chi connectivity index (χ4n) is 2.82. The first-order chi connectivity index (χ1) is 12.7. The van der Waals surface area contributed by atoms with Gasteiger partial charge in [0.15, 0.2) is 0 Å². The van der Waals surface area contributed by atoms with Crippen molar-refractivity contribution in [1.29, 1.82) is 0 Å². The van der Waals surface area contributed by atoms with Gasteiger partial charge in [-0.25, -0.2) is 9.97 Å². The molecule has 134 valence electrons. The van der Waals surface area contributed by atoms with Crippen molar-refractivity contribution in [2.24, 2.45) is 5.73 Å². The molecule has 0 bridgehead atoms. The maximum absolute atomic E-state index is 11.3. The molecule has 1 amide bonds. The molecule has 9 heteroatoms. The molecule has 3 aromatic rings. The summed E-state index contributed by atoms with van der Waals surface area (Å²) in [6.45, 7) is 1.83. The molecule has 0 aromatic carbocycles. The molecule has 0 fully saturated rings. The van der Waals surface area contributed by atoms with Crippen molar-refractivity contribution in [1.82, 2.24) is 19.5 Å². The van der Waals surface area contributed by atoms with E-state index in [1.54, 1.807) is 15.9 Å². The number of imidazole rings is 1. The van der Waals surface area contributed by atoms with E-state index in [4.69, 9.17) is 10.5 Å². The second kappa shape index (κ2) is 7.22. The van der Waals surface area contributed by atoms with Crippen molar-refractivity contribution in [2.75, 3.05) is 11.9 Å². The Hall–Kier alpha value is -2.78. The summed E-state index contributed by atoms with van der Waals surface area (Å²) in [6, 6.07) is 4.11. The van der Waals surface area contributed by atoms with Crippen LogP contribution in [-0.2, 0) is 24.3 Å². The van der Waals surface area contributed by atoms with Crippen LogP contribution in [0.2, 0.25) is 0 Å². The SMILES string of the molecule is NC(=O)c1cn(-c2nc3c(c(NCc4cccs4)n2)CCCOC3)cn1. The number of carbonyl (C=O) groups is 1. The highest BCUT2D eigenvalue weighted by atomic mass is 32.1. The number of hydrogen-bond acceptors (Lipinski definition) is 7. The van der Waals surface area contributed by atoms with E-state index in [2.05, 4.69) is 26.3 Å². The Morgan fingerprint density at radius 3 is 3.12 bits per heavy atom. The van der Waals surface area contributed by atoms with Gasteiger partial charge in [0.05, 0.1) is 18.8 Å². The largest absolute Gasteiger partial charge is 0.375 e. The summed E-state index contributed by atoms with van der Waals surface area (Å²) < 4.78 is 7.24. The molecule has 8 nitrogen and oxygen atoms in total. The highest BCUT2D eigenvalue weighted by Gasteiger charge is 2.18. The third-order valence-corrected chi connectivity index (χ3v) is 4.99. The standard InChI is InChI=1S/C17H18N6O2S/c18-15(24)13-8-23(10-20-13)17-21-14-9-25-5-1-4-12(14)16(22-17)19-7-11-3-2-6-26-11/h2-3,6,8,10H,1,4-5,7,9H2,(H2,18,24)(H,19,21,22). The number of nitrogens with two attached hydrogens (primary N) is 1. The van der Waals surface area contributed by atoms with Gasteiger partial charge in [-0.1, -0.05) is 6.07 Å². The lowest BCUT2D eigenvalue weighted by Crippen LogP contribution is -2.13. The molecular weight excluding hydrogens is 352 g/mol. The number of rotatable bonds is 5. The van der Waals surface area contributed by atoms with E-state index in [1.165, 1.54) is 17.4 Å². The van der Waals surface area contributed by atoms with Gasteiger partial charge in [0.1, 0.15) is 17.8 Å². The molecule has 1 aliphatic heterocycles. The van der Waals surface area contributed by atoms with E-state index >= 15 is 0 Å². The third-order valence-electron chi connectivity index (χ3n) is 4.11. The maximum atomic E-state index is 11.3. The Bertz CT molecular complexity index is 921. The predicted molar refractivity (Wildman–Crippen MR) is 97.3 cm³/mol. The molecule has 0 atom stereocenters. The zero-order chi connectivity index (χ0) is 17.9. The van der Waals surface area contributed by atoms with Crippen LogP contribution >= 0.6 is 11.3 Å². The monoisotopic (exact) mass is 370 g/mol. The number of ether oxygens (including phenoxy) is 1. The third kappa shape index (κ3) is 3.44. The van der Waals surface area contributed by atoms with Crippen molar-refractivity contribution in [3.63, 3.8) is 0 Å². The lowest BCUT2D eigenvalue weighted by Gasteiger charge is -2.14. The normalized spacial score (nSPS) is 13.8. The van der Waals surface area contributed by atoms with Gasteiger partial charge < -0.3 is 15.8 Å². The van der Waals surface area contributed by atoms with Gasteiger partial charge in [-0.05, 0) is 24.3 Å². The number of hydrogen-bond donors (Lipinski definition) is 2. The number of thiophene rings is 1. The first kappa shape index (κ1) is 16.7. The van der Waals surface area contributed by atoms with Crippen LogP contribution in [0.3, 0.4) is 0 Å². The Morgan fingerprint density at radius 1 is 1.42 bits per heavy atom. The van der Waals surface area contributed by atoms with E-state index < -0.39 is 5.91 Å². The van der Waals surface area contributed by atoms with Gasteiger partial charge in [0, 0.05) is 23.2 Å². The summed E-state index contributed by atoms with van der Waals surface area (Å²) in [5, 5.41) is 5.47. The number of amides is 1. The van der Waals surface area contributed by atoms with Crippen LogP contribution < -0.4 is 11.1 Å². The molecular formula is C17H18N6O2S. The second-order valence-electron chi connectivity index (χ2n) is 5.92. The summed E-state index contributed by atoms with van der Waals surface area (Å²) in [5.41, 5.74) is 7.39. The van der Waals surface area contributed by atoms with Crippen molar-refractivity contribution < 1.29 is 9.53 Å². The summed E-state index contributed by atoms with van der Waals surface area (Å²) in [7, 11) is 0. The smallest absolute Gasteiger partial charge is 0.268 e. The van der Waals surface area contributed by atoms with Crippen molar-refractivity contribution in [3.05, 3.63) is 51.9 Å². The summed E-state index contributed by atoms with van der Waals surface area (Å²) in [6.07, 6.45) is 4.81. The van der Waals surface area contributed by atoms with Gasteiger partial charge in [-0.2, -0.15) is 4.98 Å². The first-order valence-electron chi connectivity index (χ1n) is 8.28. The molecule has 0 spiro atoms. The quantitative estimate of drug-likeness (QED) is 0.710. The van der Waals surface area contributed by atoms with E-state index in [0.717, 1.165) is 29.9 Å². The summed E-state index contributed by atoms with van der Waals surface area (Å²) >= 11 is 1.69. The number of anilines is 1. The number of nitrogens with one attached hydrogen (secondary N) is 1. The van der Waals surface area contributed by atoms with E-state index in [-0.39, 0.29) is 5.69 Å². The highest BCUT2D eigenvalue weighted by Crippen LogP contribution is 2.24. The van der Waals surface area contributed by atoms with Crippen molar-refractivity contribution in [3.8, 4) is 5.95 Å². The van der Waals surface area contributed by atoms with Crippen LogP contribution in [0.4, 0.5) is 5.82 Å². The van der Waals surface area contributed by atoms with Crippen LogP contribution in [0.15, 0.2) is 30.0 Å². The topological polar surface area (TPSA) is 108 Å². The van der Waals surface area contributed by atoms with Crippen LogP contribution in [0, 0.1) is 0 Å². The Kier molecular flexibility index (Phi) is 4.63. The maximum Gasteiger partial charge on any atom is 0.268 e. The molecule has 0 saturated carbocycles. The number of carbonyl (C=O) groups excluding carboxylic acids is 1. The van der Waals surface area contributed by atoms with Crippen LogP contribution in [0.5, 0.6) is 0 Å². The lowest BCUT2D eigenvalue weighted by atomic mass is 10.1. The molecule has 1 aliphatic rings. The zero-order valence-electron chi connectivity index (χ0n) is 14.0. The summed E-state index contributed by atoms with van der Waals surface area (Å²) in [5.74, 6) is 0.638. The van der Waals surface area contributed by atoms with Gasteiger partial charge >= 0.3 is 0 Å². The molecule has 0 saturated heterocycles. The molecule has 0 aliphatic carbocycles. The molecule has 4 rings (SSSR count). The average Bonchev–Trinajstić information content (AvgIpc) is 3.27. The number of fused-ring (bicyclic) bond motifs is 1. The molecule has 4 heterocycles. The molecule has 3 aromatic heterocycles. The fourth-order valence-corrected chi connectivity index (χ4v) is 3.47. The Labute approximate surface area is 154 Å². The fraction of sp³-hybridized carbons (Fsp3) is 0.294. The Balaban J connectivity index is 1.71.